The van der Waals surface area contributed by atoms with Crippen LogP contribution < -0.4 is 19.9 Å². The van der Waals surface area contributed by atoms with Gasteiger partial charge in [-0.1, -0.05) is 0 Å². The maximum Gasteiger partial charge on any atom is 0.203 e. The molecule has 0 spiro atoms. The Hall–Kier alpha value is -1.86. The summed E-state index contributed by atoms with van der Waals surface area (Å²) in [6.45, 7) is 9.27. The molecule has 1 atom stereocenters. The number of hydrogen-bond acceptors (Lipinski definition) is 4. The molecule has 0 aliphatic rings. The third-order valence-corrected chi connectivity index (χ3v) is 2.86. The monoisotopic (exact) mass is 291 g/mol. The summed E-state index contributed by atoms with van der Waals surface area (Å²) < 4.78 is 17.0. The fraction of sp³-hybridized carbons (Fsp3) is 0.529. The van der Waals surface area contributed by atoms with E-state index in [1.165, 1.54) is 0 Å². The van der Waals surface area contributed by atoms with Crippen molar-refractivity contribution in [2.24, 2.45) is 5.73 Å². The van der Waals surface area contributed by atoms with E-state index < -0.39 is 0 Å². The van der Waals surface area contributed by atoms with Crippen LogP contribution in [-0.4, -0.2) is 19.8 Å². The van der Waals surface area contributed by atoms with E-state index in [-0.39, 0.29) is 6.04 Å². The Morgan fingerprint density at radius 1 is 1.00 bits per heavy atom. The van der Waals surface area contributed by atoms with Crippen molar-refractivity contribution in [3.05, 3.63) is 17.7 Å². The zero-order chi connectivity index (χ0) is 15.7. The van der Waals surface area contributed by atoms with Gasteiger partial charge in [-0.3, -0.25) is 0 Å². The third-order valence-electron chi connectivity index (χ3n) is 2.86. The molecule has 0 fully saturated rings. The van der Waals surface area contributed by atoms with Gasteiger partial charge in [0.2, 0.25) is 5.75 Å². The van der Waals surface area contributed by atoms with Crippen molar-refractivity contribution in [3.8, 4) is 29.1 Å². The minimum absolute atomic E-state index is 0.175. The highest BCUT2D eigenvalue weighted by molar-refractivity contribution is 5.54. The van der Waals surface area contributed by atoms with E-state index in [2.05, 4.69) is 11.8 Å². The average Bonchev–Trinajstić information content (AvgIpc) is 2.48. The fourth-order valence-corrected chi connectivity index (χ4v) is 1.95. The Balaban J connectivity index is 3.22. The first kappa shape index (κ1) is 17.2. The van der Waals surface area contributed by atoms with Crippen LogP contribution in [0.3, 0.4) is 0 Å². The molecular formula is C17H25NO3. The van der Waals surface area contributed by atoms with Crippen LogP contribution in [0.1, 0.15) is 45.7 Å². The topological polar surface area (TPSA) is 53.7 Å². The van der Waals surface area contributed by atoms with Gasteiger partial charge in [0, 0.05) is 12.5 Å². The van der Waals surface area contributed by atoms with Crippen LogP contribution in [-0.2, 0) is 0 Å². The van der Waals surface area contributed by atoms with Crippen molar-refractivity contribution in [1.82, 2.24) is 0 Å². The zero-order valence-corrected chi connectivity index (χ0v) is 13.4. The molecule has 1 aromatic carbocycles. The first-order chi connectivity index (χ1) is 10.2. The molecule has 0 saturated heterocycles. The van der Waals surface area contributed by atoms with E-state index in [9.17, 15) is 0 Å². The van der Waals surface area contributed by atoms with Crippen molar-refractivity contribution in [3.63, 3.8) is 0 Å². The van der Waals surface area contributed by atoms with E-state index in [0.717, 1.165) is 5.56 Å². The summed E-state index contributed by atoms with van der Waals surface area (Å²) in [7, 11) is 0. The van der Waals surface area contributed by atoms with Crippen LogP contribution in [0.5, 0.6) is 17.2 Å². The quantitative estimate of drug-likeness (QED) is 0.747. The second kappa shape index (κ2) is 9.15. The lowest BCUT2D eigenvalue weighted by atomic mass is 10.0. The highest BCUT2D eigenvalue weighted by atomic mass is 16.5. The Labute approximate surface area is 127 Å². The molecule has 1 aromatic rings. The van der Waals surface area contributed by atoms with Crippen LogP contribution in [0, 0.1) is 11.8 Å². The largest absolute Gasteiger partial charge is 0.490 e. The molecule has 0 aliphatic carbocycles. The molecule has 2 N–H and O–H groups in total. The van der Waals surface area contributed by atoms with Crippen molar-refractivity contribution in [2.75, 3.05) is 19.8 Å². The van der Waals surface area contributed by atoms with Gasteiger partial charge in [-0.2, -0.15) is 0 Å². The fourth-order valence-electron chi connectivity index (χ4n) is 1.95. The molecule has 0 radical (unpaired) electrons. The van der Waals surface area contributed by atoms with E-state index in [0.29, 0.717) is 43.5 Å². The number of ether oxygens (including phenoxy) is 3. The van der Waals surface area contributed by atoms with Gasteiger partial charge in [0.05, 0.1) is 19.8 Å². The number of hydrogen-bond donors (Lipinski definition) is 1. The van der Waals surface area contributed by atoms with Crippen LogP contribution in [0.4, 0.5) is 0 Å². The standard InChI is InChI=1S/C17H25NO3/c1-5-9-10-14(18)13-11-15(19-6-2)17(21-8-4)16(12-13)20-7-3/h11-12,14H,6-8,10,18H2,1-4H3. The SMILES string of the molecule is CC#CCC(N)c1cc(OCC)c(OCC)c(OCC)c1. The minimum atomic E-state index is -0.175. The molecule has 0 saturated carbocycles. The molecule has 0 aromatic heterocycles. The molecule has 21 heavy (non-hydrogen) atoms. The summed E-state index contributed by atoms with van der Waals surface area (Å²) >= 11 is 0. The summed E-state index contributed by atoms with van der Waals surface area (Å²) in [5, 5.41) is 0. The molecule has 116 valence electrons. The zero-order valence-electron chi connectivity index (χ0n) is 13.4. The first-order valence-electron chi connectivity index (χ1n) is 7.39. The molecule has 0 amide bonds. The molecule has 1 rings (SSSR count). The summed E-state index contributed by atoms with van der Waals surface area (Å²) in [5.74, 6) is 7.84. The van der Waals surface area contributed by atoms with Crippen molar-refractivity contribution >= 4 is 0 Å². The maximum atomic E-state index is 6.18. The number of nitrogens with two attached hydrogens (primary N) is 1. The lowest BCUT2D eigenvalue weighted by molar-refractivity contribution is 0.260. The average molecular weight is 291 g/mol. The Morgan fingerprint density at radius 2 is 1.52 bits per heavy atom. The molecule has 0 bridgehead atoms. The second-order valence-electron chi connectivity index (χ2n) is 4.38. The van der Waals surface area contributed by atoms with Crippen LogP contribution in [0.15, 0.2) is 12.1 Å². The van der Waals surface area contributed by atoms with E-state index in [1.807, 2.05) is 39.8 Å². The van der Waals surface area contributed by atoms with Crippen molar-refractivity contribution in [1.29, 1.82) is 0 Å². The van der Waals surface area contributed by atoms with E-state index in [1.54, 1.807) is 0 Å². The Morgan fingerprint density at radius 3 is 1.95 bits per heavy atom. The summed E-state index contributed by atoms with van der Waals surface area (Å²) in [6.07, 6.45) is 0.599. The molecule has 1 unspecified atom stereocenters. The van der Waals surface area contributed by atoms with Crippen LogP contribution >= 0.6 is 0 Å². The minimum Gasteiger partial charge on any atom is -0.490 e. The first-order valence-corrected chi connectivity index (χ1v) is 7.39. The summed E-state index contributed by atoms with van der Waals surface area (Å²) in [4.78, 5) is 0. The second-order valence-corrected chi connectivity index (χ2v) is 4.38. The van der Waals surface area contributed by atoms with Gasteiger partial charge in [-0.15, -0.1) is 11.8 Å². The molecule has 4 nitrogen and oxygen atoms in total. The van der Waals surface area contributed by atoms with Gasteiger partial charge in [0.1, 0.15) is 0 Å². The van der Waals surface area contributed by atoms with Gasteiger partial charge >= 0.3 is 0 Å². The predicted molar refractivity (Wildman–Crippen MR) is 84.9 cm³/mol. The third kappa shape index (κ3) is 4.87. The van der Waals surface area contributed by atoms with E-state index in [4.69, 9.17) is 19.9 Å². The molecule has 4 heteroatoms. The Bertz CT molecular complexity index is 475. The predicted octanol–water partition coefficient (Wildman–Crippen LogP) is 3.30. The lowest BCUT2D eigenvalue weighted by Gasteiger charge is -2.19. The summed E-state index contributed by atoms with van der Waals surface area (Å²) in [6, 6.07) is 3.66. The smallest absolute Gasteiger partial charge is 0.203 e. The maximum absolute atomic E-state index is 6.18. The highest BCUT2D eigenvalue weighted by Crippen LogP contribution is 2.40. The van der Waals surface area contributed by atoms with Crippen LogP contribution in [0.2, 0.25) is 0 Å². The van der Waals surface area contributed by atoms with Crippen molar-refractivity contribution in [2.45, 2.75) is 40.2 Å². The molecule has 0 heterocycles. The lowest BCUT2D eigenvalue weighted by Crippen LogP contribution is -2.11. The number of benzene rings is 1. The van der Waals surface area contributed by atoms with Crippen molar-refractivity contribution < 1.29 is 14.2 Å². The summed E-state index contributed by atoms with van der Waals surface area (Å²) in [5.41, 5.74) is 7.12. The van der Waals surface area contributed by atoms with Gasteiger partial charge in [-0.05, 0) is 45.4 Å². The van der Waals surface area contributed by atoms with Crippen LogP contribution in [0.25, 0.3) is 0 Å². The van der Waals surface area contributed by atoms with Gasteiger partial charge in [0.15, 0.2) is 11.5 Å². The number of rotatable bonds is 8. The molecular weight excluding hydrogens is 266 g/mol. The molecule has 0 aliphatic heterocycles. The Kier molecular flexibility index (Phi) is 7.49. The highest BCUT2D eigenvalue weighted by Gasteiger charge is 2.17. The van der Waals surface area contributed by atoms with E-state index >= 15 is 0 Å². The van der Waals surface area contributed by atoms with Gasteiger partial charge < -0.3 is 19.9 Å². The normalized spacial score (nSPS) is 11.3. The van der Waals surface area contributed by atoms with Gasteiger partial charge in [-0.25, -0.2) is 0 Å². The van der Waals surface area contributed by atoms with Gasteiger partial charge in [0.25, 0.3) is 0 Å².